The smallest absolute Gasteiger partial charge is 0.306 e. The van der Waals surface area contributed by atoms with E-state index >= 15 is 0 Å². The summed E-state index contributed by atoms with van der Waals surface area (Å²) < 4.78 is 15.8. The average molecular weight is 413 g/mol. The normalized spacial score (nSPS) is 26.4. The molecule has 1 aromatic rings. The first-order chi connectivity index (χ1) is 13.7. The Morgan fingerprint density at radius 3 is 2.28 bits per heavy atom. The number of aliphatic carboxylic acids is 1. The van der Waals surface area contributed by atoms with Crippen molar-refractivity contribution in [2.45, 2.75) is 50.5 Å². The van der Waals surface area contributed by atoms with Gasteiger partial charge in [-0.2, -0.15) is 0 Å². The molecule has 0 saturated carbocycles. The minimum atomic E-state index is -1.63. The van der Waals surface area contributed by atoms with Gasteiger partial charge in [-0.25, -0.2) is 0 Å². The molecule has 29 heavy (non-hydrogen) atoms. The molecule has 5 atom stereocenters. The van der Waals surface area contributed by atoms with Crippen LogP contribution >= 0.6 is 0 Å². The third-order valence-electron chi connectivity index (χ3n) is 4.05. The Morgan fingerprint density at radius 2 is 1.69 bits per heavy atom. The van der Waals surface area contributed by atoms with Crippen molar-refractivity contribution in [3.05, 3.63) is 24.3 Å². The van der Waals surface area contributed by atoms with Gasteiger partial charge >= 0.3 is 11.9 Å². The van der Waals surface area contributed by atoms with Crippen LogP contribution in [0.15, 0.2) is 24.3 Å². The van der Waals surface area contributed by atoms with Crippen LogP contribution in [0.2, 0.25) is 0 Å². The number of aliphatic hydroxyl groups excluding tert-OH is 3. The predicted octanol–water partition coefficient (Wildman–Crippen LogP) is -0.761. The maximum absolute atomic E-state index is 11.5. The van der Waals surface area contributed by atoms with E-state index in [-0.39, 0.29) is 18.1 Å². The zero-order valence-corrected chi connectivity index (χ0v) is 15.6. The summed E-state index contributed by atoms with van der Waals surface area (Å²) in [6.45, 7) is 0.892. The first-order valence-corrected chi connectivity index (χ1v) is 8.78. The lowest BCUT2D eigenvalue weighted by Gasteiger charge is -2.39. The second kappa shape index (κ2) is 10.2. The number of aliphatic hydroxyl groups is 3. The zero-order chi connectivity index (χ0) is 21.6. The lowest BCUT2D eigenvalue weighted by atomic mass is 9.99. The molecule has 2 rings (SSSR count). The van der Waals surface area contributed by atoms with E-state index < -0.39 is 55.7 Å². The topological polar surface area (TPSA) is 172 Å². The molecule has 1 aromatic carbocycles. The Hall–Kier alpha value is -2.73. The fraction of sp³-hybridized carbons (Fsp3) is 0.500. The van der Waals surface area contributed by atoms with E-state index in [4.69, 9.17) is 19.3 Å². The summed E-state index contributed by atoms with van der Waals surface area (Å²) in [5.41, 5.74) is 0.525. The molecule has 2 unspecified atom stereocenters. The van der Waals surface area contributed by atoms with E-state index in [0.717, 1.165) is 0 Å². The minimum absolute atomic E-state index is 0.248. The second-order valence-corrected chi connectivity index (χ2v) is 6.41. The summed E-state index contributed by atoms with van der Waals surface area (Å²) in [6.07, 6.45) is -8.11. The molecular formula is C18H23NO10. The molecule has 0 aliphatic carbocycles. The van der Waals surface area contributed by atoms with Gasteiger partial charge in [-0.3, -0.25) is 14.4 Å². The first-order valence-electron chi connectivity index (χ1n) is 8.78. The molecule has 1 saturated heterocycles. The molecular weight excluding hydrogens is 390 g/mol. The summed E-state index contributed by atoms with van der Waals surface area (Å²) in [6, 6.07) is 6.11. The molecule has 1 amide bonds. The fourth-order valence-electron chi connectivity index (χ4n) is 2.56. The van der Waals surface area contributed by atoms with Gasteiger partial charge in [0.2, 0.25) is 12.2 Å². The van der Waals surface area contributed by atoms with Gasteiger partial charge in [-0.1, -0.05) is 0 Å². The largest absolute Gasteiger partial charge is 0.481 e. The van der Waals surface area contributed by atoms with Gasteiger partial charge in [0.25, 0.3) is 0 Å². The van der Waals surface area contributed by atoms with E-state index in [9.17, 15) is 29.7 Å². The van der Waals surface area contributed by atoms with E-state index in [2.05, 4.69) is 5.32 Å². The molecule has 1 fully saturated rings. The SMILES string of the molecule is CC(=O)Nc1ccc(O[C@H]2OC(COC(=O)CCC(=O)O)[C@@H](O)C(O)[C@@H]2O)cc1. The van der Waals surface area contributed by atoms with Crippen molar-refractivity contribution in [2.75, 3.05) is 11.9 Å². The van der Waals surface area contributed by atoms with Crippen molar-refractivity contribution < 1.29 is 49.0 Å². The second-order valence-electron chi connectivity index (χ2n) is 6.41. The van der Waals surface area contributed by atoms with Gasteiger partial charge in [-0.05, 0) is 24.3 Å². The van der Waals surface area contributed by atoms with E-state index in [1.54, 1.807) is 12.1 Å². The van der Waals surface area contributed by atoms with Crippen LogP contribution in [0.3, 0.4) is 0 Å². The van der Waals surface area contributed by atoms with Gasteiger partial charge in [0.05, 0.1) is 12.8 Å². The monoisotopic (exact) mass is 413 g/mol. The van der Waals surface area contributed by atoms with Gasteiger partial charge in [-0.15, -0.1) is 0 Å². The van der Waals surface area contributed by atoms with Crippen molar-refractivity contribution in [3.8, 4) is 5.75 Å². The van der Waals surface area contributed by atoms with Gasteiger partial charge in [0, 0.05) is 12.6 Å². The molecule has 1 aliphatic rings. The quantitative estimate of drug-likeness (QED) is 0.341. The number of amides is 1. The van der Waals surface area contributed by atoms with Crippen molar-refractivity contribution in [2.24, 2.45) is 0 Å². The summed E-state index contributed by atoms with van der Waals surface area (Å²) in [7, 11) is 0. The number of anilines is 1. The number of esters is 1. The highest BCUT2D eigenvalue weighted by molar-refractivity contribution is 5.88. The molecule has 5 N–H and O–H groups in total. The van der Waals surface area contributed by atoms with E-state index in [1.165, 1.54) is 19.1 Å². The van der Waals surface area contributed by atoms with Crippen molar-refractivity contribution >= 4 is 23.5 Å². The maximum atomic E-state index is 11.5. The third-order valence-corrected chi connectivity index (χ3v) is 4.05. The minimum Gasteiger partial charge on any atom is -0.481 e. The van der Waals surface area contributed by atoms with Crippen LogP contribution in [-0.4, -0.2) is 75.6 Å². The Bertz CT molecular complexity index is 722. The Labute approximate surface area is 165 Å². The molecule has 11 heteroatoms. The van der Waals surface area contributed by atoms with Crippen molar-refractivity contribution in [3.63, 3.8) is 0 Å². The molecule has 0 bridgehead atoms. The number of carbonyl (C=O) groups excluding carboxylic acids is 2. The molecule has 0 spiro atoms. The standard InChI is InChI=1S/C18H23NO10/c1-9(20)19-10-2-4-11(5-3-10)28-18-17(26)16(25)15(24)12(29-18)8-27-14(23)7-6-13(21)22/h2-5,12,15-18,24-26H,6-8H2,1H3,(H,19,20)(H,21,22)/t12?,15-,16?,17+,18+/m1/s1. The molecule has 0 aromatic heterocycles. The Morgan fingerprint density at radius 1 is 1.03 bits per heavy atom. The number of carboxylic acid groups (broad SMARTS) is 1. The molecule has 11 nitrogen and oxygen atoms in total. The molecule has 160 valence electrons. The van der Waals surface area contributed by atoms with Crippen LogP contribution in [0.5, 0.6) is 5.75 Å². The summed E-state index contributed by atoms with van der Waals surface area (Å²) >= 11 is 0. The van der Waals surface area contributed by atoms with Gasteiger partial charge < -0.3 is 40.0 Å². The lowest BCUT2D eigenvalue weighted by molar-refractivity contribution is -0.278. The number of carboxylic acids is 1. The van der Waals surface area contributed by atoms with Crippen molar-refractivity contribution in [1.82, 2.24) is 0 Å². The van der Waals surface area contributed by atoms with Crippen LogP contribution in [0, 0.1) is 0 Å². The first kappa shape index (κ1) is 22.6. The number of carbonyl (C=O) groups is 3. The van der Waals surface area contributed by atoms with E-state index in [0.29, 0.717) is 5.69 Å². The van der Waals surface area contributed by atoms with Crippen LogP contribution in [0.25, 0.3) is 0 Å². The highest BCUT2D eigenvalue weighted by Gasteiger charge is 2.45. The zero-order valence-electron chi connectivity index (χ0n) is 15.6. The van der Waals surface area contributed by atoms with Crippen LogP contribution in [0.1, 0.15) is 19.8 Å². The fourth-order valence-corrected chi connectivity index (χ4v) is 2.56. The molecule has 1 aliphatic heterocycles. The highest BCUT2D eigenvalue weighted by Crippen LogP contribution is 2.25. The molecule has 0 radical (unpaired) electrons. The summed E-state index contributed by atoms with van der Waals surface area (Å²) in [5, 5.41) is 41.3. The summed E-state index contributed by atoms with van der Waals surface area (Å²) in [4.78, 5) is 33.0. The lowest BCUT2D eigenvalue weighted by Crippen LogP contribution is -2.60. The number of rotatable bonds is 8. The third kappa shape index (κ3) is 6.68. The van der Waals surface area contributed by atoms with Gasteiger partial charge in [0.15, 0.2) is 0 Å². The number of ether oxygens (including phenoxy) is 3. The predicted molar refractivity (Wildman–Crippen MR) is 95.9 cm³/mol. The van der Waals surface area contributed by atoms with Crippen molar-refractivity contribution in [1.29, 1.82) is 0 Å². The highest BCUT2D eigenvalue weighted by atomic mass is 16.7. The maximum Gasteiger partial charge on any atom is 0.306 e. The number of benzene rings is 1. The number of nitrogens with one attached hydrogen (secondary N) is 1. The number of hydrogen-bond donors (Lipinski definition) is 5. The van der Waals surface area contributed by atoms with Crippen LogP contribution in [-0.2, 0) is 23.9 Å². The Kier molecular flexibility index (Phi) is 7.91. The number of hydrogen-bond acceptors (Lipinski definition) is 9. The van der Waals surface area contributed by atoms with E-state index in [1.807, 2.05) is 0 Å². The van der Waals surface area contributed by atoms with Crippen LogP contribution in [0.4, 0.5) is 5.69 Å². The van der Waals surface area contributed by atoms with Crippen LogP contribution < -0.4 is 10.1 Å². The van der Waals surface area contributed by atoms with Gasteiger partial charge in [0.1, 0.15) is 36.8 Å². The average Bonchev–Trinajstić information content (AvgIpc) is 2.66. The Balaban J connectivity index is 1.96. The molecule has 1 heterocycles. The summed E-state index contributed by atoms with van der Waals surface area (Å²) in [5.74, 6) is -1.96.